The third-order valence-corrected chi connectivity index (χ3v) is 4.97. The summed E-state index contributed by atoms with van der Waals surface area (Å²) in [5.74, 6) is -2.26. The second-order valence-corrected chi connectivity index (χ2v) is 6.12. The summed E-state index contributed by atoms with van der Waals surface area (Å²) in [5, 5.41) is 2.28. The molecule has 5 nitrogen and oxygen atoms in total. The first-order valence-electron chi connectivity index (χ1n) is 7.70. The smallest absolute Gasteiger partial charge is 0.322 e. The van der Waals surface area contributed by atoms with Crippen LogP contribution in [0.15, 0.2) is 48.5 Å². The summed E-state index contributed by atoms with van der Waals surface area (Å²) in [5.41, 5.74) is 2.14. The summed E-state index contributed by atoms with van der Waals surface area (Å²) in [4.78, 5) is 37.3. The molecule has 4 rings (SSSR count). The van der Waals surface area contributed by atoms with Gasteiger partial charge in [-0.25, -0.2) is 0 Å². The number of nitrogens with one attached hydrogen (secondary N) is 1. The molecule has 2 aromatic carbocycles. The Balaban J connectivity index is 2.02. The van der Waals surface area contributed by atoms with E-state index in [4.69, 9.17) is 4.74 Å². The van der Waals surface area contributed by atoms with E-state index in [9.17, 15) is 14.4 Å². The molecule has 2 amide bonds. The molecule has 1 aliphatic heterocycles. The minimum atomic E-state index is -1.56. The molecule has 2 aliphatic rings. The van der Waals surface area contributed by atoms with E-state index in [1.165, 1.54) is 7.11 Å². The number of benzene rings is 2. The number of hydrogen-bond donors (Lipinski definition) is 1. The minimum Gasteiger partial charge on any atom is -0.468 e. The molecule has 1 atom stereocenters. The van der Waals surface area contributed by atoms with Crippen LogP contribution in [-0.4, -0.2) is 24.9 Å². The first-order chi connectivity index (χ1) is 11.6. The van der Waals surface area contributed by atoms with Crippen molar-refractivity contribution >= 4 is 17.8 Å². The topological polar surface area (TPSA) is 72.5 Å². The number of carbonyl (C=O) groups excluding carboxylic acids is 3. The zero-order valence-corrected chi connectivity index (χ0v) is 13.0. The fourth-order valence-electron chi connectivity index (χ4n) is 4.00. The van der Waals surface area contributed by atoms with Gasteiger partial charge in [-0.2, -0.15) is 0 Å². The molecule has 1 unspecified atom stereocenters. The molecular formula is C19H15NO4. The summed E-state index contributed by atoms with van der Waals surface area (Å²) in [6, 6.07) is 15.3. The lowest BCUT2D eigenvalue weighted by Crippen LogP contribution is -2.44. The molecule has 5 heteroatoms. The van der Waals surface area contributed by atoms with Gasteiger partial charge in [0.05, 0.1) is 13.5 Å². The monoisotopic (exact) mass is 321 g/mol. The Bertz CT molecular complexity index is 843. The SMILES string of the molecule is COC(=O)C1(C2c3ccccc3-c3ccccc32)CC(=O)NC1=O. The van der Waals surface area contributed by atoms with Crippen LogP contribution >= 0.6 is 0 Å². The van der Waals surface area contributed by atoms with Crippen LogP contribution in [-0.2, 0) is 19.1 Å². The van der Waals surface area contributed by atoms with Gasteiger partial charge >= 0.3 is 5.97 Å². The number of methoxy groups -OCH3 is 1. The predicted octanol–water partition coefficient (Wildman–Crippen LogP) is 2.00. The van der Waals surface area contributed by atoms with Crippen LogP contribution in [0.5, 0.6) is 0 Å². The van der Waals surface area contributed by atoms with Crippen LogP contribution in [0.4, 0.5) is 0 Å². The van der Waals surface area contributed by atoms with Crippen LogP contribution < -0.4 is 5.32 Å². The van der Waals surface area contributed by atoms with Crippen molar-refractivity contribution in [1.82, 2.24) is 5.32 Å². The maximum Gasteiger partial charge on any atom is 0.322 e. The summed E-state index contributed by atoms with van der Waals surface area (Å²) >= 11 is 0. The molecule has 2 aromatic rings. The van der Waals surface area contributed by atoms with E-state index in [0.717, 1.165) is 22.3 Å². The molecule has 1 fully saturated rings. The molecule has 1 saturated heterocycles. The molecule has 120 valence electrons. The maximum atomic E-state index is 12.7. The van der Waals surface area contributed by atoms with Crippen molar-refractivity contribution in [2.75, 3.05) is 7.11 Å². The van der Waals surface area contributed by atoms with Gasteiger partial charge in [0.1, 0.15) is 0 Å². The van der Waals surface area contributed by atoms with Crippen molar-refractivity contribution in [3.05, 3.63) is 59.7 Å². The van der Waals surface area contributed by atoms with Gasteiger partial charge in [-0.1, -0.05) is 48.5 Å². The Kier molecular flexibility index (Phi) is 3.06. The number of carbonyl (C=O) groups is 3. The Hall–Kier alpha value is -2.95. The van der Waals surface area contributed by atoms with Crippen LogP contribution in [0.2, 0.25) is 0 Å². The molecule has 0 bridgehead atoms. The third-order valence-electron chi connectivity index (χ3n) is 4.97. The number of hydrogen-bond acceptors (Lipinski definition) is 4. The highest BCUT2D eigenvalue weighted by Crippen LogP contribution is 2.55. The molecule has 0 saturated carbocycles. The van der Waals surface area contributed by atoms with Crippen LogP contribution in [0.1, 0.15) is 23.5 Å². The fraction of sp³-hybridized carbons (Fsp3) is 0.211. The zero-order valence-electron chi connectivity index (χ0n) is 13.0. The molecule has 1 heterocycles. The quantitative estimate of drug-likeness (QED) is 0.522. The highest BCUT2D eigenvalue weighted by atomic mass is 16.5. The predicted molar refractivity (Wildman–Crippen MR) is 85.9 cm³/mol. The summed E-state index contributed by atoms with van der Waals surface area (Å²) in [6.07, 6.45) is -0.203. The van der Waals surface area contributed by atoms with Crippen molar-refractivity contribution in [1.29, 1.82) is 0 Å². The van der Waals surface area contributed by atoms with Crippen molar-refractivity contribution in [3.8, 4) is 11.1 Å². The Morgan fingerprint density at radius 1 is 1.04 bits per heavy atom. The molecule has 1 aliphatic carbocycles. The number of rotatable bonds is 2. The minimum absolute atomic E-state index is 0.203. The summed E-state index contributed by atoms with van der Waals surface area (Å²) < 4.78 is 4.95. The van der Waals surface area contributed by atoms with Gasteiger partial charge in [0.2, 0.25) is 11.8 Å². The second-order valence-electron chi connectivity index (χ2n) is 6.12. The summed E-state index contributed by atoms with van der Waals surface area (Å²) in [6.45, 7) is 0. The normalized spacial score (nSPS) is 22.0. The van der Waals surface area contributed by atoms with E-state index >= 15 is 0 Å². The lowest BCUT2D eigenvalue weighted by atomic mass is 9.69. The van der Waals surface area contributed by atoms with Crippen LogP contribution in [0.3, 0.4) is 0 Å². The van der Waals surface area contributed by atoms with Gasteiger partial charge in [0.25, 0.3) is 0 Å². The third kappa shape index (κ3) is 1.72. The number of esters is 1. The van der Waals surface area contributed by atoms with Crippen molar-refractivity contribution in [2.24, 2.45) is 5.41 Å². The van der Waals surface area contributed by atoms with Crippen molar-refractivity contribution in [3.63, 3.8) is 0 Å². The Morgan fingerprint density at radius 2 is 1.58 bits per heavy atom. The van der Waals surface area contributed by atoms with Gasteiger partial charge in [-0.3, -0.25) is 19.7 Å². The average Bonchev–Trinajstić information content (AvgIpc) is 3.09. The lowest BCUT2D eigenvalue weighted by Gasteiger charge is -2.30. The molecule has 24 heavy (non-hydrogen) atoms. The van der Waals surface area contributed by atoms with Gasteiger partial charge in [0.15, 0.2) is 5.41 Å². The summed E-state index contributed by atoms with van der Waals surface area (Å²) in [7, 11) is 1.24. The number of ether oxygens (including phenoxy) is 1. The van der Waals surface area contributed by atoms with Gasteiger partial charge in [-0.15, -0.1) is 0 Å². The second kappa shape index (κ2) is 5.03. The van der Waals surface area contributed by atoms with Crippen LogP contribution in [0.25, 0.3) is 11.1 Å². The molecule has 0 spiro atoms. The first kappa shape index (κ1) is 14.6. The van der Waals surface area contributed by atoms with E-state index < -0.39 is 29.1 Å². The molecular weight excluding hydrogens is 306 g/mol. The maximum absolute atomic E-state index is 12.7. The average molecular weight is 321 g/mol. The largest absolute Gasteiger partial charge is 0.468 e. The van der Waals surface area contributed by atoms with Crippen molar-refractivity contribution < 1.29 is 19.1 Å². The molecule has 0 radical (unpaired) electrons. The number of fused-ring (bicyclic) bond motifs is 3. The van der Waals surface area contributed by atoms with Gasteiger partial charge in [-0.05, 0) is 22.3 Å². The van der Waals surface area contributed by atoms with E-state index in [-0.39, 0.29) is 6.42 Å². The fourth-order valence-corrected chi connectivity index (χ4v) is 4.00. The highest BCUT2D eigenvalue weighted by Gasteiger charge is 2.61. The van der Waals surface area contributed by atoms with E-state index in [1.54, 1.807) is 0 Å². The van der Waals surface area contributed by atoms with Crippen molar-refractivity contribution in [2.45, 2.75) is 12.3 Å². The number of imide groups is 1. The zero-order chi connectivity index (χ0) is 16.9. The molecule has 0 aromatic heterocycles. The van der Waals surface area contributed by atoms with Gasteiger partial charge in [0, 0.05) is 5.92 Å². The lowest BCUT2D eigenvalue weighted by molar-refractivity contribution is -0.158. The standard InChI is InChI=1S/C19H15NO4/c1-24-18(23)19(10-15(21)20-17(19)22)16-13-8-4-2-6-11(13)12-7-3-5-9-14(12)16/h2-9,16H,10H2,1H3,(H,20,21,22). The van der Waals surface area contributed by atoms with Crippen LogP contribution in [0, 0.1) is 5.41 Å². The molecule has 1 N–H and O–H groups in total. The Labute approximate surface area is 138 Å². The highest BCUT2D eigenvalue weighted by molar-refractivity contribution is 6.17. The van der Waals surface area contributed by atoms with E-state index in [2.05, 4.69) is 5.32 Å². The van der Waals surface area contributed by atoms with E-state index in [1.807, 2.05) is 48.5 Å². The first-order valence-corrected chi connectivity index (χ1v) is 7.70. The Morgan fingerprint density at radius 3 is 2.04 bits per heavy atom. The number of amides is 2. The van der Waals surface area contributed by atoms with Gasteiger partial charge < -0.3 is 4.74 Å². The van der Waals surface area contributed by atoms with E-state index in [0.29, 0.717) is 0 Å².